The van der Waals surface area contributed by atoms with E-state index in [4.69, 9.17) is 0 Å². The monoisotopic (exact) mass is 361 g/mol. The average Bonchev–Trinajstić information content (AvgIpc) is 3.01. The Hall–Kier alpha value is -2.61. The molecule has 3 rings (SSSR count). The zero-order valence-electron chi connectivity index (χ0n) is 11.1. The van der Waals surface area contributed by atoms with Gasteiger partial charge in [0.25, 0.3) is 5.91 Å². The van der Waals surface area contributed by atoms with E-state index in [1.807, 2.05) is 0 Å². The minimum absolute atomic E-state index is 0.250. The number of anilines is 1. The van der Waals surface area contributed by atoms with Gasteiger partial charge in [0.05, 0.1) is 5.56 Å². The van der Waals surface area contributed by atoms with Crippen LogP contribution in [0.2, 0.25) is 0 Å². The Morgan fingerprint density at radius 1 is 1.23 bits per heavy atom. The molecule has 1 N–H and O–H groups in total. The lowest BCUT2D eigenvalue weighted by Gasteiger charge is -2.08. The fourth-order valence-corrected chi connectivity index (χ4v) is 2.21. The smallest absolute Gasteiger partial charge is 0.257 e. The number of nitrogens with one attached hydrogen (secondary N) is 1. The van der Waals surface area contributed by atoms with Crippen LogP contribution in [0.15, 0.2) is 53.8 Å². The number of carbonyl (C=O) groups is 1. The van der Waals surface area contributed by atoms with Crippen molar-refractivity contribution in [3.05, 3.63) is 65.2 Å². The van der Waals surface area contributed by atoms with Gasteiger partial charge >= 0.3 is 0 Å². The molecule has 0 saturated carbocycles. The molecule has 0 aliphatic carbocycles. The van der Waals surface area contributed by atoms with Crippen molar-refractivity contribution in [3.63, 3.8) is 0 Å². The fraction of sp³-hybridized carbons (Fsp3) is 0. The van der Waals surface area contributed by atoms with Crippen LogP contribution in [-0.2, 0) is 0 Å². The molecule has 0 saturated heterocycles. The summed E-state index contributed by atoms with van der Waals surface area (Å²) in [6.45, 7) is 0. The van der Waals surface area contributed by atoms with E-state index in [0.29, 0.717) is 15.7 Å². The first kappa shape index (κ1) is 14.3. The molecule has 22 heavy (non-hydrogen) atoms. The minimum atomic E-state index is -0.518. The van der Waals surface area contributed by atoms with E-state index in [0.717, 1.165) is 0 Å². The maximum absolute atomic E-state index is 14.1. The van der Waals surface area contributed by atoms with Crippen molar-refractivity contribution in [2.75, 3.05) is 5.32 Å². The first-order chi connectivity index (χ1) is 10.6. The third-order valence-electron chi connectivity index (χ3n) is 2.84. The summed E-state index contributed by atoms with van der Waals surface area (Å²) < 4.78 is 16.1. The number of rotatable bonds is 3. The van der Waals surface area contributed by atoms with Gasteiger partial charge in [-0.25, -0.2) is 14.1 Å². The van der Waals surface area contributed by atoms with Crippen molar-refractivity contribution >= 4 is 27.5 Å². The summed E-state index contributed by atoms with van der Waals surface area (Å²) in [5.74, 6) is -0.891. The van der Waals surface area contributed by atoms with Crippen LogP contribution in [0.5, 0.6) is 0 Å². The second kappa shape index (κ2) is 6.02. The van der Waals surface area contributed by atoms with Crippen LogP contribution < -0.4 is 5.32 Å². The predicted molar refractivity (Wildman–Crippen MR) is 81.2 cm³/mol. The molecule has 0 atom stereocenters. The summed E-state index contributed by atoms with van der Waals surface area (Å²) in [5, 5.41) is 6.47. The van der Waals surface area contributed by atoms with Crippen LogP contribution in [0.1, 0.15) is 10.4 Å². The van der Waals surface area contributed by atoms with Gasteiger partial charge < -0.3 is 5.32 Å². The van der Waals surface area contributed by atoms with Gasteiger partial charge in [0.15, 0.2) is 5.82 Å². The molecule has 3 aromatic rings. The van der Waals surface area contributed by atoms with E-state index in [2.05, 4.69) is 36.3 Å². The van der Waals surface area contributed by atoms with Crippen molar-refractivity contribution < 1.29 is 9.18 Å². The molecule has 0 unspecified atom stereocenters. The molecule has 0 aliphatic rings. The van der Waals surface area contributed by atoms with Crippen molar-refractivity contribution in [1.29, 1.82) is 0 Å². The third kappa shape index (κ3) is 3.01. The highest BCUT2D eigenvalue weighted by molar-refractivity contribution is 9.10. The highest BCUT2D eigenvalue weighted by atomic mass is 79.9. The zero-order chi connectivity index (χ0) is 15.5. The Morgan fingerprint density at radius 2 is 2.09 bits per heavy atom. The van der Waals surface area contributed by atoms with Crippen molar-refractivity contribution in [1.82, 2.24) is 19.7 Å². The molecule has 0 aliphatic heterocycles. The molecule has 110 valence electrons. The number of aromatic nitrogens is 4. The third-order valence-corrected chi connectivity index (χ3v) is 3.27. The number of pyridine rings is 1. The normalized spacial score (nSPS) is 10.5. The quantitative estimate of drug-likeness (QED) is 0.778. The molecular weight excluding hydrogens is 353 g/mol. The molecule has 1 amide bonds. The maximum atomic E-state index is 14.1. The standard InChI is InChI=1S/C14H9BrFN5O/c15-10-3-9(5-17-6-10)14(22)20-11-1-2-13(12(16)4-11)21-8-18-7-19-21/h1-8H,(H,20,22). The number of halogens is 2. The molecule has 0 spiro atoms. The van der Waals surface area contributed by atoms with Crippen LogP contribution in [0.25, 0.3) is 5.69 Å². The van der Waals surface area contributed by atoms with E-state index in [9.17, 15) is 9.18 Å². The summed E-state index contributed by atoms with van der Waals surface area (Å²) >= 11 is 3.24. The zero-order valence-corrected chi connectivity index (χ0v) is 12.7. The molecular formula is C14H9BrFN5O. The number of hydrogen-bond donors (Lipinski definition) is 1. The van der Waals surface area contributed by atoms with Gasteiger partial charge in [-0.15, -0.1) is 0 Å². The minimum Gasteiger partial charge on any atom is -0.322 e. The van der Waals surface area contributed by atoms with E-state index >= 15 is 0 Å². The lowest BCUT2D eigenvalue weighted by atomic mass is 10.2. The van der Waals surface area contributed by atoms with Gasteiger partial charge in [0.1, 0.15) is 18.3 Å². The summed E-state index contributed by atoms with van der Waals surface area (Å²) in [6.07, 6.45) is 5.71. The van der Waals surface area contributed by atoms with Gasteiger partial charge in [0.2, 0.25) is 0 Å². The predicted octanol–water partition coefficient (Wildman–Crippen LogP) is 2.82. The Balaban J connectivity index is 1.81. The van der Waals surface area contributed by atoms with Crippen molar-refractivity contribution in [2.45, 2.75) is 0 Å². The largest absolute Gasteiger partial charge is 0.322 e. The topological polar surface area (TPSA) is 72.7 Å². The summed E-state index contributed by atoms with van der Waals surface area (Å²) in [6, 6.07) is 5.95. The highest BCUT2D eigenvalue weighted by Crippen LogP contribution is 2.18. The molecule has 1 aromatic carbocycles. The van der Waals surface area contributed by atoms with E-state index in [1.54, 1.807) is 18.3 Å². The van der Waals surface area contributed by atoms with Crippen LogP contribution in [0.4, 0.5) is 10.1 Å². The number of carbonyl (C=O) groups excluding carboxylic acids is 1. The molecule has 0 fully saturated rings. The first-order valence-corrected chi connectivity index (χ1v) is 6.99. The fourth-order valence-electron chi connectivity index (χ4n) is 1.84. The number of amides is 1. The number of hydrogen-bond acceptors (Lipinski definition) is 4. The van der Waals surface area contributed by atoms with Gasteiger partial charge in [-0.05, 0) is 40.2 Å². The van der Waals surface area contributed by atoms with Crippen molar-refractivity contribution in [3.8, 4) is 5.69 Å². The number of nitrogens with zero attached hydrogens (tertiary/aromatic N) is 4. The highest BCUT2D eigenvalue weighted by Gasteiger charge is 2.10. The average molecular weight is 362 g/mol. The van der Waals surface area contributed by atoms with Gasteiger partial charge in [-0.3, -0.25) is 9.78 Å². The second-order valence-corrected chi connectivity index (χ2v) is 5.27. The molecule has 0 radical (unpaired) electrons. The van der Waals surface area contributed by atoms with Crippen LogP contribution in [0, 0.1) is 5.82 Å². The molecule has 6 nitrogen and oxygen atoms in total. The Morgan fingerprint density at radius 3 is 2.77 bits per heavy atom. The van der Waals surface area contributed by atoms with Gasteiger partial charge in [-0.2, -0.15) is 5.10 Å². The second-order valence-electron chi connectivity index (χ2n) is 4.35. The molecule has 2 heterocycles. The molecule has 8 heteroatoms. The Kier molecular flexibility index (Phi) is 3.92. The molecule has 0 bridgehead atoms. The van der Waals surface area contributed by atoms with E-state index < -0.39 is 5.82 Å². The van der Waals surface area contributed by atoms with Gasteiger partial charge in [-0.1, -0.05) is 0 Å². The van der Waals surface area contributed by atoms with Crippen LogP contribution >= 0.6 is 15.9 Å². The Bertz CT molecular complexity index is 822. The SMILES string of the molecule is O=C(Nc1ccc(-n2cncn2)c(F)c1)c1cncc(Br)c1. The summed E-state index contributed by atoms with van der Waals surface area (Å²) in [5.41, 5.74) is 0.959. The van der Waals surface area contributed by atoms with Crippen LogP contribution in [-0.4, -0.2) is 25.7 Å². The lowest BCUT2D eigenvalue weighted by Crippen LogP contribution is -2.12. The van der Waals surface area contributed by atoms with E-state index in [-0.39, 0.29) is 11.6 Å². The lowest BCUT2D eigenvalue weighted by molar-refractivity contribution is 0.102. The van der Waals surface area contributed by atoms with Crippen LogP contribution in [0.3, 0.4) is 0 Å². The Labute approximate surface area is 133 Å². The summed E-state index contributed by atoms with van der Waals surface area (Å²) in [7, 11) is 0. The van der Waals surface area contributed by atoms with E-state index in [1.165, 1.54) is 35.7 Å². The van der Waals surface area contributed by atoms with Crippen molar-refractivity contribution in [2.24, 2.45) is 0 Å². The summed E-state index contributed by atoms with van der Waals surface area (Å²) in [4.78, 5) is 19.7. The maximum Gasteiger partial charge on any atom is 0.257 e. The molecule has 2 aromatic heterocycles. The van der Waals surface area contributed by atoms with Gasteiger partial charge in [0, 0.05) is 22.6 Å². The number of benzene rings is 1. The first-order valence-electron chi connectivity index (χ1n) is 6.20.